The number of carbonyl (C=O) groups excluding carboxylic acids is 1. The van der Waals surface area contributed by atoms with Crippen LogP contribution in [0.25, 0.3) is 11.0 Å². The first-order chi connectivity index (χ1) is 13.8. The highest BCUT2D eigenvalue weighted by molar-refractivity contribution is 5.80. The van der Waals surface area contributed by atoms with Crippen LogP contribution in [0.3, 0.4) is 0 Å². The molecule has 5 heteroatoms. The van der Waals surface area contributed by atoms with Crippen LogP contribution < -0.4 is 10.2 Å². The van der Waals surface area contributed by atoms with E-state index in [2.05, 4.69) is 39.5 Å². The Morgan fingerprint density at radius 2 is 1.86 bits per heavy atom. The van der Waals surface area contributed by atoms with Crippen molar-refractivity contribution in [1.29, 1.82) is 0 Å². The molecule has 2 heterocycles. The third-order valence-electron chi connectivity index (χ3n) is 5.34. The first-order valence-electron chi connectivity index (χ1n) is 10.1. The number of fused-ring (bicyclic) bond motifs is 1. The molecular formula is C23H26N4O. The van der Waals surface area contributed by atoms with E-state index in [0.717, 1.165) is 55.6 Å². The fourth-order valence-corrected chi connectivity index (χ4v) is 3.79. The molecule has 28 heavy (non-hydrogen) atoms. The van der Waals surface area contributed by atoms with Gasteiger partial charge in [0.05, 0.1) is 23.1 Å². The number of piperidine rings is 1. The molecule has 0 spiro atoms. The fourth-order valence-electron chi connectivity index (χ4n) is 3.79. The summed E-state index contributed by atoms with van der Waals surface area (Å²) in [7, 11) is 0. The summed E-state index contributed by atoms with van der Waals surface area (Å²) in [6.07, 6.45) is 5.70. The Morgan fingerprint density at radius 1 is 1.07 bits per heavy atom. The highest BCUT2D eigenvalue weighted by atomic mass is 16.1. The molecule has 0 bridgehead atoms. The maximum absolute atomic E-state index is 12.6. The van der Waals surface area contributed by atoms with Gasteiger partial charge >= 0.3 is 0 Å². The van der Waals surface area contributed by atoms with Crippen LogP contribution in [0.15, 0.2) is 60.8 Å². The van der Waals surface area contributed by atoms with Crippen LogP contribution in [0, 0.1) is 5.92 Å². The number of carbonyl (C=O) groups is 1. The first-order valence-corrected chi connectivity index (χ1v) is 10.1. The van der Waals surface area contributed by atoms with E-state index >= 15 is 0 Å². The Kier molecular flexibility index (Phi) is 5.80. The summed E-state index contributed by atoms with van der Waals surface area (Å²) in [5.41, 5.74) is 3.11. The molecule has 1 fully saturated rings. The summed E-state index contributed by atoms with van der Waals surface area (Å²) in [6, 6.07) is 18.3. The smallest absolute Gasteiger partial charge is 0.224 e. The second-order valence-corrected chi connectivity index (χ2v) is 7.38. The first kappa shape index (κ1) is 18.4. The average molecular weight is 374 g/mol. The van der Waals surface area contributed by atoms with Crippen molar-refractivity contribution in [3.63, 3.8) is 0 Å². The third-order valence-corrected chi connectivity index (χ3v) is 5.34. The monoisotopic (exact) mass is 374 g/mol. The van der Waals surface area contributed by atoms with E-state index in [-0.39, 0.29) is 11.8 Å². The minimum absolute atomic E-state index is 0.0127. The number of nitrogens with zero attached hydrogens (tertiary/aromatic N) is 3. The predicted octanol–water partition coefficient (Wildman–Crippen LogP) is 3.60. The number of amides is 1. The minimum Gasteiger partial charge on any atom is -0.356 e. The van der Waals surface area contributed by atoms with E-state index in [1.54, 1.807) is 0 Å². The van der Waals surface area contributed by atoms with E-state index in [1.165, 1.54) is 5.56 Å². The van der Waals surface area contributed by atoms with Gasteiger partial charge < -0.3 is 10.2 Å². The van der Waals surface area contributed by atoms with Gasteiger partial charge in [-0.3, -0.25) is 9.78 Å². The quantitative estimate of drug-likeness (QED) is 0.670. The number of hydrogen-bond donors (Lipinski definition) is 1. The number of aryl methyl sites for hydroxylation is 1. The molecule has 5 nitrogen and oxygen atoms in total. The van der Waals surface area contributed by atoms with Gasteiger partial charge in [0, 0.05) is 19.6 Å². The second-order valence-electron chi connectivity index (χ2n) is 7.38. The molecular weight excluding hydrogens is 348 g/mol. The number of benzene rings is 2. The van der Waals surface area contributed by atoms with Crippen LogP contribution in [0.5, 0.6) is 0 Å². The Balaban J connectivity index is 1.30. The largest absolute Gasteiger partial charge is 0.356 e. The number of para-hydroxylation sites is 2. The van der Waals surface area contributed by atoms with Crippen molar-refractivity contribution < 1.29 is 4.79 Å². The van der Waals surface area contributed by atoms with Crippen molar-refractivity contribution in [2.75, 3.05) is 24.5 Å². The van der Waals surface area contributed by atoms with Crippen LogP contribution in [0.1, 0.15) is 24.8 Å². The van der Waals surface area contributed by atoms with E-state index in [0.29, 0.717) is 6.54 Å². The molecule has 0 radical (unpaired) electrons. The highest BCUT2D eigenvalue weighted by Gasteiger charge is 2.26. The summed E-state index contributed by atoms with van der Waals surface area (Å²) in [6.45, 7) is 2.35. The highest BCUT2D eigenvalue weighted by Crippen LogP contribution is 2.23. The van der Waals surface area contributed by atoms with Crippen LogP contribution in [-0.2, 0) is 11.2 Å². The lowest BCUT2D eigenvalue weighted by molar-refractivity contribution is -0.125. The summed E-state index contributed by atoms with van der Waals surface area (Å²) in [4.78, 5) is 24.1. The van der Waals surface area contributed by atoms with Gasteiger partial charge in [0.15, 0.2) is 0 Å². The van der Waals surface area contributed by atoms with Crippen LogP contribution in [-0.4, -0.2) is 35.5 Å². The molecule has 1 aliphatic heterocycles. The predicted molar refractivity (Wildman–Crippen MR) is 112 cm³/mol. The van der Waals surface area contributed by atoms with E-state index in [9.17, 15) is 4.79 Å². The molecule has 4 rings (SSSR count). The van der Waals surface area contributed by atoms with E-state index < -0.39 is 0 Å². The van der Waals surface area contributed by atoms with Crippen molar-refractivity contribution in [2.45, 2.75) is 25.7 Å². The van der Waals surface area contributed by atoms with Crippen molar-refractivity contribution in [1.82, 2.24) is 15.3 Å². The van der Waals surface area contributed by atoms with Crippen molar-refractivity contribution >= 4 is 22.8 Å². The molecule has 3 aromatic rings. The standard InChI is InChI=1S/C23H26N4O/c28-23(24-14-6-10-18-8-2-1-3-9-18)19-11-7-15-27(17-19)22-16-25-20-12-4-5-13-21(20)26-22/h1-5,8-9,12-13,16,19H,6-7,10-11,14-15,17H2,(H,24,28)/t19-/m1/s1. The van der Waals surface area contributed by atoms with E-state index in [4.69, 9.17) is 4.98 Å². The zero-order valence-corrected chi connectivity index (χ0v) is 16.1. The summed E-state index contributed by atoms with van der Waals surface area (Å²) in [5.74, 6) is 1.03. The average Bonchev–Trinajstić information content (AvgIpc) is 2.77. The number of anilines is 1. The van der Waals surface area contributed by atoms with Gasteiger partial charge in [-0.05, 0) is 43.4 Å². The fraction of sp³-hybridized carbons (Fsp3) is 0.348. The molecule has 144 valence electrons. The Hall–Kier alpha value is -2.95. The topological polar surface area (TPSA) is 58.1 Å². The zero-order chi connectivity index (χ0) is 19.2. The van der Waals surface area contributed by atoms with Gasteiger partial charge in [-0.2, -0.15) is 0 Å². The molecule has 1 aromatic heterocycles. The maximum atomic E-state index is 12.6. The molecule has 1 atom stereocenters. The van der Waals surface area contributed by atoms with Crippen LogP contribution in [0.4, 0.5) is 5.82 Å². The van der Waals surface area contributed by atoms with Crippen molar-refractivity contribution in [3.05, 3.63) is 66.4 Å². The lowest BCUT2D eigenvalue weighted by Crippen LogP contribution is -2.43. The van der Waals surface area contributed by atoms with Gasteiger partial charge in [0.25, 0.3) is 0 Å². The molecule has 1 saturated heterocycles. The molecule has 0 aliphatic carbocycles. The summed E-state index contributed by atoms with van der Waals surface area (Å²) < 4.78 is 0. The Morgan fingerprint density at radius 3 is 2.71 bits per heavy atom. The zero-order valence-electron chi connectivity index (χ0n) is 16.1. The van der Waals surface area contributed by atoms with E-state index in [1.807, 2.05) is 36.5 Å². The van der Waals surface area contributed by atoms with Gasteiger partial charge in [0.2, 0.25) is 5.91 Å². The normalized spacial score (nSPS) is 16.9. The van der Waals surface area contributed by atoms with Crippen molar-refractivity contribution in [2.24, 2.45) is 5.92 Å². The van der Waals surface area contributed by atoms with Crippen molar-refractivity contribution in [3.8, 4) is 0 Å². The van der Waals surface area contributed by atoms with Crippen LogP contribution >= 0.6 is 0 Å². The second kappa shape index (κ2) is 8.83. The Labute approximate surface area is 165 Å². The molecule has 2 aromatic carbocycles. The minimum atomic E-state index is 0.0127. The molecule has 0 saturated carbocycles. The molecule has 1 aliphatic rings. The lowest BCUT2D eigenvalue weighted by Gasteiger charge is -2.32. The van der Waals surface area contributed by atoms with Gasteiger partial charge in [0.1, 0.15) is 5.82 Å². The number of aromatic nitrogens is 2. The molecule has 0 unspecified atom stereocenters. The SMILES string of the molecule is O=C(NCCCc1ccccc1)[C@@H]1CCCN(c2cnc3ccccc3n2)C1. The summed E-state index contributed by atoms with van der Waals surface area (Å²) >= 11 is 0. The maximum Gasteiger partial charge on any atom is 0.224 e. The number of rotatable bonds is 6. The van der Waals surface area contributed by atoms with Gasteiger partial charge in [-0.1, -0.05) is 42.5 Å². The molecule has 1 amide bonds. The lowest BCUT2D eigenvalue weighted by atomic mass is 9.97. The molecule has 1 N–H and O–H groups in total. The number of hydrogen-bond acceptors (Lipinski definition) is 4. The third kappa shape index (κ3) is 4.47. The van der Waals surface area contributed by atoms with Crippen LogP contribution in [0.2, 0.25) is 0 Å². The summed E-state index contributed by atoms with van der Waals surface area (Å²) in [5, 5.41) is 3.12. The van der Waals surface area contributed by atoms with Gasteiger partial charge in [-0.15, -0.1) is 0 Å². The number of nitrogens with one attached hydrogen (secondary N) is 1. The van der Waals surface area contributed by atoms with Gasteiger partial charge in [-0.25, -0.2) is 4.98 Å². The Bertz CT molecular complexity index is 928.